The highest BCUT2D eigenvalue weighted by molar-refractivity contribution is 6.07. The molecule has 1 N–H and O–H groups in total. The van der Waals surface area contributed by atoms with E-state index >= 15 is 0 Å². The Kier molecular flexibility index (Phi) is 4.69. The summed E-state index contributed by atoms with van der Waals surface area (Å²) in [5, 5.41) is 4.56. The van der Waals surface area contributed by atoms with Crippen molar-refractivity contribution >= 4 is 33.5 Å². The summed E-state index contributed by atoms with van der Waals surface area (Å²) >= 11 is 0. The van der Waals surface area contributed by atoms with E-state index in [0.29, 0.717) is 52.7 Å². The van der Waals surface area contributed by atoms with E-state index in [-0.39, 0.29) is 12.3 Å². The zero-order valence-corrected chi connectivity index (χ0v) is 18.4. The number of aryl methyl sites for hydroxylation is 4. The Balaban J connectivity index is 1.52. The fourth-order valence-electron chi connectivity index (χ4n) is 4.32. The fraction of sp³-hybridized carbons (Fsp3) is 0.280. The van der Waals surface area contributed by atoms with E-state index in [1.807, 2.05) is 33.8 Å². The van der Waals surface area contributed by atoms with Gasteiger partial charge in [0.25, 0.3) is 0 Å². The van der Waals surface area contributed by atoms with Gasteiger partial charge in [-0.15, -0.1) is 0 Å². The van der Waals surface area contributed by atoms with Gasteiger partial charge in [0, 0.05) is 17.1 Å². The first-order valence-corrected chi connectivity index (χ1v) is 10.5. The minimum atomic E-state index is -0.522. The van der Waals surface area contributed by atoms with Crippen molar-refractivity contribution in [3.63, 3.8) is 0 Å². The monoisotopic (exact) mass is 433 g/mol. The van der Waals surface area contributed by atoms with Crippen LogP contribution in [0.5, 0.6) is 11.5 Å². The highest BCUT2D eigenvalue weighted by Crippen LogP contribution is 2.36. The Morgan fingerprint density at radius 1 is 0.938 bits per heavy atom. The number of amides is 1. The average Bonchev–Trinajstić information content (AvgIpc) is 3.05. The van der Waals surface area contributed by atoms with Crippen LogP contribution in [0.15, 0.2) is 37.9 Å². The number of fused-ring (bicyclic) bond motifs is 4. The van der Waals surface area contributed by atoms with Gasteiger partial charge in [-0.3, -0.25) is 4.79 Å². The van der Waals surface area contributed by atoms with Crippen LogP contribution < -0.4 is 20.4 Å². The molecule has 1 aliphatic heterocycles. The molecule has 0 fully saturated rings. The first-order chi connectivity index (χ1) is 15.3. The van der Waals surface area contributed by atoms with Crippen LogP contribution in [0, 0.1) is 27.7 Å². The lowest BCUT2D eigenvalue weighted by molar-refractivity contribution is -0.115. The zero-order valence-electron chi connectivity index (χ0n) is 18.4. The molecule has 3 heterocycles. The number of benzene rings is 2. The molecular formula is C25H23NO6. The maximum atomic E-state index is 12.8. The van der Waals surface area contributed by atoms with Crippen LogP contribution in [0.1, 0.15) is 28.0 Å². The maximum Gasteiger partial charge on any atom is 0.340 e. The Bertz CT molecular complexity index is 1460. The Morgan fingerprint density at radius 3 is 2.47 bits per heavy atom. The largest absolute Gasteiger partial charge is 0.486 e. The van der Waals surface area contributed by atoms with Crippen LogP contribution in [0.25, 0.3) is 21.9 Å². The SMILES string of the molecule is Cc1oc2c(c(C)cc3oc(=O)c(CC(=O)Nc4ccc5c(c4)OCCO5)c(C)c32)c1C. The van der Waals surface area contributed by atoms with Crippen LogP contribution in [0.3, 0.4) is 0 Å². The average molecular weight is 433 g/mol. The van der Waals surface area contributed by atoms with E-state index in [1.54, 1.807) is 18.2 Å². The molecule has 0 spiro atoms. The van der Waals surface area contributed by atoms with Gasteiger partial charge in [-0.25, -0.2) is 4.79 Å². The maximum absolute atomic E-state index is 12.8. The van der Waals surface area contributed by atoms with Crippen molar-refractivity contribution in [3.8, 4) is 11.5 Å². The van der Waals surface area contributed by atoms with Gasteiger partial charge in [-0.1, -0.05) is 0 Å². The summed E-state index contributed by atoms with van der Waals surface area (Å²) in [5.74, 6) is 1.71. The highest BCUT2D eigenvalue weighted by atomic mass is 16.6. The summed E-state index contributed by atoms with van der Waals surface area (Å²) < 4.78 is 22.7. The highest BCUT2D eigenvalue weighted by Gasteiger charge is 2.21. The molecule has 0 unspecified atom stereocenters. The van der Waals surface area contributed by atoms with Crippen molar-refractivity contribution in [3.05, 3.63) is 62.7 Å². The number of nitrogens with one attached hydrogen (secondary N) is 1. The molecular weight excluding hydrogens is 410 g/mol. The molecule has 4 aromatic rings. The Labute approximate surface area is 183 Å². The molecule has 32 heavy (non-hydrogen) atoms. The number of hydrogen-bond donors (Lipinski definition) is 1. The molecule has 2 aromatic heterocycles. The van der Waals surface area contributed by atoms with Crippen molar-refractivity contribution in [1.82, 2.24) is 0 Å². The summed E-state index contributed by atoms with van der Waals surface area (Å²) in [6.07, 6.45) is -0.118. The third-order valence-electron chi connectivity index (χ3n) is 6.04. The smallest absolute Gasteiger partial charge is 0.340 e. The normalized spacial score (nSPS) is 13.0. The summed E-state index contributed by atoms with van der Waals surface area (Å²) in [5.41, 5.74) is 4.23. The van der Waals surface area contributed by atoms with Gasteiger partial charge in [0.1, 0.15) is 30.1 Å². The van der Waals surface area contributed by atoms with Gasteiger partial charge >= 0.3 is 5.63 Å². The second-order valence-electron chi connectivity index (χ2n) is 8.13. The van der Waals surface area contributed by atoms with Crippen LogP contribution in [0.2, 0.25) is 0 Å². The third-order valence-corrected chi connectivity index (χ3v) is 6.04. The lowest BCUT2D eigenvalue weighted by atomic mass is 9.98. The molecule has 0 radical (unpaired) electrons. The van der Waals surface area contributed by atoms with Crippen molar-refractivity contribution < 1.29 is 23.1 Å². The van der Waals surface area contributed by atoms with Crippen LogP contribution in [0.4, 0.5) is 5.69 Å². The van der Waals surface area contributed by atoms with Gasteiger partial charge in [0.2, 0.25) is 5.91 Å². The second kappa shape index (κ2) is 7.44. The van der Waals surface area contributed by atoms with Gasteiger partial charge in [-0.2, -0.15) is 0 Å². The predicted octanol–water partition coefficient (Wildman–Crippen LogP) is 4.73. The molecule has 164 valence electrons. The summed E-state index contributed by atoms with van der Waals surface area (Å²) in [6, 6.07) is 7.05. The van der Waals surface area contributed by atoms with Gasteiger partial charge < -0.3 is 23.6 Å². The van der Waals surface area contributed by atoms with Gasteiger partial charge in [0.15, 0.2) is 11.5 Å². The van der Waals surface area contributed by atoms with E-state index in [9.17, 15) is 9.59 Å². The number of hydrogen-bond acceptors (Lipinski definition) is 6. The lowest BCUT2D eigenvalue weighted by Crippen LogP contribution is -2.21. The van der Waals surface area contributed by atoms with Crippen LogP contribution in [-0.4, -0.2) is 19.1 Å². The second-order valence-corrected chi connectivity index (χ2v) is 8.13. The van der Waals surface area contributed by atoms with Crippen molar-refractivity contribution in [2.24, 2.45) is 0 Å². The topological polar surface area (TPSA) is 90.9 Å². The summed E-state index contributed by atoms with van der Waals surface area (Å²) in [7, 11) is 0. The number of anilines is 1. The molecule has 7 heteroatoms. The molecule has 1 amide bonds. The first kappa shape index (κ1) is 20.2. The van der Waals surface area contributed by atoms with Crippen molar-refractivity contribution in [2.45, 2.75) is 34.1 Å². The summed E-state index contributed by atoms with van der Waals surface area (Å²) in [6.45, 7) is 8.67. The molecule has 0 saturated heterocycles. The van der Waals surface area contributed by atoms with Crippen LogP contribution >= 0.6 is 0 Å². The molecule has 7 nitrogen and oxygen atoms in total. The molecule has 2 aromatic carbocycles. The molecule has 5 rings (SSSR count). The van der Waals surface area contributed by atoms with Crippen molar-refractivity contribution in [2.75, 3.05) is 18.5 Å². The van der Waals surface area contributed by atoms with E-state index in [2.05, 4.69) is 5.32 Å². The molecule has 0 atom stereocenters. The zero-order chi connectivity index (χ0) is 22.6. The quantitative estimate of drug-likeness (QED) is 0.470. The standard InChI is InChI=1S/C25H23NO6/c1-12-9-20-23(24-22(12)13(2)15(4)31-24)14(3)17(25(28)32-20)11-21(27)26-16-5-6-18-19(10-16)30-8-7-29-18/h5-6,9-10H,7-8,11H2,1-4H3,(H,26,27). The number of ether oxygens (including phenoxy) is 2. The molecule has 0 saturated carbocycles. The van der Waals surface area contributed by atoms with E-state index in [0.717, 1.165) is 27.7 Å². The van der Waals surface area contributed by atoms with E-state index in [4.69, 9.17) is 18.3 Å². The fourth-order valence-corrected chi connectivity index (χ4v) is 4.32. The minimum absolute atomic E-state index is 0.118. The number of furan rings is 1. The Hall–Kier alpha value is -3.74. The summed E-state index contributed by atoms with van der Waals surface area (Å²) in [4.78, 5) is 25.5. The molecule has 0 aliphatic carbocycles. The minimum Gasteiger partial charge on any atom is -0.486 e. The van der Waals surface area contributed by atoms with Gasteiger partial charge in [0.05, 0.1) is 17.4 Å². The lowest BCUT2D eigenvalue weighted by Gasteiger charge is -2.19. The first-order valence-electron chi connectivity index (χ1n) is 10.5. The number of carbonyl (C=O) groups is 1. The third kappa shape index (κ3) is 3.21. The number of rotatable bonds is 3. The van der Waals surface area contributed by atoms with E-state index in [1.165, 1.54) is 0 Å². The van der Waals surface area contributed by atoms with Crippen LogP contribution in [-0.2, 0) is 11.2 Å². The molecule has 0 bridgehead atoms. The molecule has 1 aliphatic rings. The predicted molar refractivity (Wildman–Crippen MR) is 121 cm³/mol. The van der Waals surface area contributed by atoms with E-state index < -0.39 is 5.63 Å². The van der Waals surface area contributed by atoms with Crippen molar-refractivity contribution in [1.29, 1.82) is 0 Å². The number of carbonyl (C=O) groups excluding carboxylic acids is 1. The van der Waals surface area contributed by atoms with Gasteiger partial charge in [-0.05, 0) is 62.6 Å². The Morgan fingerprint density at radius 2 is 1.69 bits per heavy atom.